The number of thioether (sulfide) groups is 1. The van der Waals surface area contributed by atoms with Gasteiger partial charge in [0, 0.05) is 10.6 Å². The Morgan fingerprint density at radius 2 is 2.10 bits per heavy atom. The van der Waals surface area contributed by atoms with Crippen LogP contribution in [0.4, 0.5) is 5.82 Å². The summed E-state index contributed by atoms with van der Waals surface area (Å²) in [6.45, 7) is 0. The summed E-state index contributed by atoms with van der Waals surface area (Å²) in [4.78, 5) is 13.6. The third-order valence-corrected chi connectivity index (χ3v) is 4.72. The Balaban J connectivity index is 1.59. The van der Waals surface area contributed by atoms with Gasteiger partial charge in [0.2, 0.25) is 11.6 Å². The highest BCUT2D eigenvalue weighted by Crippen LogP contribution is 2.25. The molecule has 29 heavy (non-hydrogen) atoms. The fraction of sp³-hybridized carbons (Fsp3) is 0.0588. The van der Waals surface area contributed by atoms with Crippen molar-refractivity contribution in [3.8, 4) is 5.82 Å². The van der Waals surface area contributed by atoms with Crippen LogP contribution >= 0.6 is 11.8 Å². The zero-order valence-corrected chi connectivity index (χ0v) is 15.6. The van der Waals surface area contributed by atoms with Crippen LogP contribution in [0.25, 0.3) is 5.82 Å². The Kier molecular flexibility index (Phi) is 5.33. The smallest absolute Gasteiger partial charge is 0.293 e. The number of benzene rings is 1. The third-order valence-electron chi connectivity index (χ3n) is 3.69. The quantitative estimate of drug-likeness (QED) is 0.264. The standard InChI is InChI=1S/C17H14N8O3S/c18-15-16(23-28-22-15)25-13(10-29-12-6-2-1-3-7-12)14(20-24-25)17(26)21-19-9-11-5-4-8-27-11/h1-9H,10H2,(H2,18,22)(H,21,26). The average Bonchev–Trinajstić information content (AvgIpc) is 3.48. The number of nitrogen functional groups attached to an aromatic ring is 1. The summed E-state index contributed by atoms with van der Waals surface area (Å²) < 4.78 is 11.1. The number of carbonyl (C=O) groups is 1. The zero-order valence-electron chi connectivity index (χ0n) is 14.8. The Hall–Kier alpha value is -3.93. The monoisotopic (exact) mass is 410 g/mol. The van der Waals surface area contributed by atoms with Crippen molar-refractivity contribution in [2.45, 2.75) is 10.6 Å². The van der Waals surface area contributed by atoms with Gasteiger partial charge in [-0.15, -0.1) is 16.9 Å². The highest BCUT2D eigenvalue weighted by molar-refractivity contribution is 7.98. The molecule has 0 atom stereocenters. The summed E-state index contributed by atoms with van der Waals surface area (Å²) in [5.74, 6) is 0.504. The topological polar surface area (TPSA) is 150 Å². The van der Waals surface area contributed by atoms with Gasteiger partial charge >= 0.3 is 0 Å². The number of rotatable bonds is 7. The maximum atomic E-state index is 12.6. The average molecular weight is 410 g/mol. The first-order valence-electron chi connectivity index (χ1n) is 8.30. The van der Waals surface area contributed by atoms with Gasteiger partial charge in [0.1, 0.15) is 5.76 Å². The molecule has 4 aromatic rings. The minimum Gasteiger partial charge on any atom is -0.463 e. The molecule has 0 spiro atoms. The number of aromatic nitrogens is 5. The minimum atomic E-state index is -0.544. The molecule has 0 saturated heterocycles. The molecule has 3 aromatic heterocycles. The second kappa shape index (κ2) is 8.39. The van der Waals surface area contributed by atoms with Crippen molar-refractivity contribution < 1.29 is 13.8 Å². The van der Waals surface area contributed by atoms with Gasteiger partial charge in [0.05, 0.1) is 18.2 Å². The van der Waals surface area contributed by atoms with Crippen LogP contribution in [0.1, 0.15) is 21.9 Å². The molecule has 3 N–H and O–H groups in total. The maximum absolute atomic E-state index is 12.6. The van der Waals surface area contributed by atoms with E-state index in [4.69, 9.17) is 10.2 Å². The van der Waals surface area contributed by atoms with Crippen molar-refractivity contribution in [1.82, 2.24) is 30.7 Å². The molecule has 0 saturated carbocycles. The number of hydrazone groups is 1. The predicted molar refractivity (Wildman–Crippen MR) is 103 cm³/mol. The normalized spacial score (nSPS) is 11.2. The number of anilines is 1. The second-order valence-corrected chi connectivity index (χ2v) is 6.63. The zero-order chi connectivity index (χ0) is 20.1. The lowest BCUT2D eigenvalue weighted by molar-refractivity contribution is 0.0949. The first-order valence-corrected chi connectivity index (χ1v) is 9.28. The van der Waals surface area contributed by atoms with Gasteiger partial charge in [-0.05, 0) is 34.6 Å². The van der Waals surface area contributed by atoms with Crippen LogP contribution in [-0.4, -0.2) is 37.4 Å². The predicted octanol–water partition coefficient (Wildman–Crippen LogP) is 1.88. The van der Waals surface area contributed by atoms with Crippen molar-refractivity contribution in [2.24, 2.45) is 5.10 Å². The lowest BCUT2D eigenvalue weighted by atomic mass is 10.3. The Morgan fingerprint density at radius 1 is 1.24 bits per heavy atom. The van der Waals surface area contributed by atoms with Crippen molar-refractivity contribution in [3.63, 3.8) is 0 Å². The molecule has 0 aliphatic heterocycles. The molecule has 0 bridgehead atoms. The van der Waals surface area contributed by atoms with E-state index < -0.39 is 5.91 Å². The molecule has 0 aliphatic rings. The molecule has 146 valence electrons. The molecule has 0 fully saturated rings. The Bertz CT molecular complexity index is 1120. The van der Waals surface area contributed by atoms with E-state index in [0.717, 1.165) is 4.90 Å². The number of furan rings is 1. The second-order valence-electron chi connectivity index (χ2n) is 5.59. The van der Waals surface area contributed by atoms with Crippen LogP contribution in [0.15, 0.2) is 67.8 Å². The number of nitrogens with two attached hydrogens (primary N) is 1. The van der Waals surface area contributed by atoms with Gasteiger partial charge < -0.3 is 10.2 Å². The SMILES string of the molecule is Nc1nonc1-n1nnc(C(=O)NN=Cc2ccco2)c1CSc1ccccc1. The lowest BCUT2D eigenvalue weighted by Crippen LogP contribution is -2.20. The van der Waals surface area contributed by atoms with Gasteiger partial charge in [-0.1, -0.05) is 23.4 Å². The first-order chi connectivity index (χ1) is 14.2. The van der Waals surface area contributed by atoms with E-state index >= 15 is 0 Å². The number of nitrogens with zero attached hydrogens (tertiary/aromatic N) is 6. The molecule has 0 aliphatic carbocycles. The maximum Gasteiger partial charge on any atom is 0.293 e. The number of nitrogens with one attached hydrogen (secondary N) is 1. The van der Waals surface area contributed by atoms with Crippen LogP contribution in [0.5, 0.6) is 0 Å². The van der Waals surface area contributed by atoms with E-state index in [1.54, 1.807) is 12.1 Å². The Labute approximate surface area is 167 Å². The molecular formula is C17H14N8O3S. The Morgan fingerprint density at radius 3 is 2.83 bits per heavy atom. The van der Waals surface area contributed by atoms with Crippen LogP contribution in [0.2, 0.25) is 0 Å². The van der Waals surface area contributed by atoms with E-state index in [-0.39, 0.29) is 17.3 Å². The third kappa shape index (κ3) is 4.16. The van der Waals surface area contributed by atoms with Crippen LogP contribution in [0.3, 0.4) is 0 Å². The molecule has 0 unspecified atom stereocenters. The van der Waals surface area contributed by atoms with E-state index in [2.05, 4.69) is 35.8 Å². The summed E-state index contributed by atoms with van der Waals surface area (Å²) >= 11 is 1.50. The van der Waals surface area contributed by atoms with Gasteiger partial charge in [0.25, 0.3) is 5.91 Å². The molecule has 0 radical (unpaired) electrons. The van der Waals surface area contributed by atoms with Gasteiger partial charge in [-0.25, -0.2) is 10.1 Å². The molecule has 4 rings (SSSR count). The van der Waals surface area contributed by atoms with Crippen molar-refractivity contribution in [3.05, 3.63) is 65.9 Å². The van der Waals surface area contributed by atoms with E-state index in [1.165, 1.54) is 28.9 Å². The van der Waals surface area contributed by atoms with Crippen molar-refractivity contribution in [2.75, 3.05) is 5.73 Å². The van der Waals surface area contributed by atoms with Crippen LogP contribution < -0.4 is 11.2 Å². The fourth-order valence-electron chi connectivity index (χ4n) is 2.36. The van der Waals surface area contributed by atoms with Crippen LogP contribution in [0, 0.1) is 0 Å². The van der Waals surface area contributed by atoms with Gasteiger partial charge in [-0.3, -0.25) is 4.79 Å². The highest BCUT2D eigenvalue weighted by atomic mass is 32.2. The largest absolute Gasteiger partial charge is 0.463 e. The summed E-state index contributed by atoms with van der Waals surface area (Å²) in [5.41, 5.74) is 8.72. The van der Waals surface area contributed by atoms with Gasteiger partial charge in [-0.2, -0.15) is 9.78 Å². The lowest BCUT2D eigenvalue weighted by Gasteiger charge is -2.05. The van der Waals surface area contributed by atoms with E-state index in [1.807, 2.05) is 30.3 Å². The molecule has 1 amide bonds. The number of hydrogen-bond acceptors (Lipinski definition) is 10. The number of carbonyl (C=O) groups excluding carboxylic acids is 1. The van der Waals surface area contributed by atoms with Crippen LogP contribution in [-0.2, 0) is 5.75 Å². The number of amides is 1. The van der Waals surface area contributed by atoms with E-state index in [0.29, 0.717) is 17.2 Å². The van der Waals surface area contributed by atoms with Crippen molar-refractivity contribution >= 4 is 29.7 Å². The summed E-state index contributed by atoms with van der Waals surface area (Å²) in [6, 6.07) is 13.1. The molecule has 12 heteroatoms. The van der Waals surface area contributed by atoms with Gasteiger partial charge in [0.15, 0.2) is 5.69 Å². The molecular weight excluding hydrogens is 396 g/mol. The summed E-state index contributed by atoms with van der Waals surface area (Å²) in [7, 11) is 0. The summed E-state index contributed by atoms with van der Waals surface area (Å²) in [6.07, 6.45) is 2.88. The number of hydrogen-bond donors (Lipinski definition) is 2. The molecule has 11 nitrogen and oxygen atoms in total. The minimum absolute atomic E-state index is 0.0312. The van der Waals surface area contributed by atoms with E-state index in [9.17, 15) is 4.79 Å². The highest BCUT2D eigenvalue weighted by Gasteiger charge is 2.24. The van der Waals surface area contributed by atoms with Crippen molar-refractivity contribution in [1.29, 1.82) is 0 Å². The molecule has 3 heterocycles. The molecule has 1 aromatic carbocycles. The summed E-state index contributed by atoms with van der Waals surface area (Å²) in [5, 5.41) is 19.1. The first kappa shape index (κ1) is 18.4. The fourth-order valence-corrected chi connectivity index (χ4v) is 3.27.